The number of carbonyl (C=O) groups is 1. The molecule has 0 aliphatic carbocycles. The highest BCUT2D eigenvalue weighted by atomic mass is 79.9. The highest BCUT2D eigenvalue weighted by Gasteiger charge is 2.15. The highest BCUT2D eigenvalue weighted by molar-refractivity contribution is 9.10. The van der Waals surface area contributed by atoms with Gasteiger partial charge in [0, 0.05) is 10.2 Å². The van der Waals surface area contributed by atoms with Crippen LogP contribution in [0.25, 0.3) is 0 Å². The van der Waals surface area contributed by atoms with Gasteiger partial charge in [0.15, 0.2) is 0 Å². The summed E-state index contributed by atoms with van der Waals surface area (Å²) in [5, 5.41) is 3.21. The zero-order chi connectivity index (χ0) is 17.9. The molecular weight excluding hydrogens is 416 g/mol. The summed E-state index contributed by atoms with van der Waals surface area (Å²) >= 11 is 9.37. The summed E-state index contributed by atoms with van der Waals surface area (Å²) in [4.78, 5) is 12.4. The Morgan fingerprint density at radius 1 is 1.21 bits per heavy atom. The van der Waals surface area contributed by atoms with Crippen molar-refractivity contribution in [2.75, 3.05) is 11.0 Å². The van der Waals surface area contributed by atoms with Gasteiger partial charge in [0.1, 0.15) is 0 Å². The van der Waals surface area contributed by atoms with E-state index in [1.807, 2.05) is 6.92 Å². The first kappa shape index (κ1) is 18.8. The van der Waals surface area contributed by atoms with Crippen molar-refractivity contribution in [3.05, 3.63) is 63.1 Å². The lowest BCUT2D eigenvalue weighted by molar-refractivity contribution is 0.0940. The Kier molecular flexibility index (Phi) is 5.90. The summed E-state index contributed by atoms with van der Waals surface area (Å²) in [5.41, 5.74) is 1.57. The molecule has 0 radical (unpaired) electrons. The summed E-state index contributed by atoms with van der Waals surface area (Å²) in [6.45, 7) is 1.81. The van der Waals surface area contributed by atoms with Gasteiger partial charge in [-0.1, -0.05) is 39.7 Å². The van der Waals surface area contributed by atoms with Crippen LogP contribution in [0.2, 0.25) is 5.02 Å². The third kappa shape index (κ3) is 5.22. The fourth-order valence-electron chi connectivity index (χ4n) is 2.11. The molecule has 5 nitrogen and oxygen atoms in total. The van der Waals surface area contributed by atoms with E-state index < -0.39 is 10.0 Å². The highest BCUT2D eigenvalue weighted by Crippen LogP contribution is 2.23. The summed E-state index contributed by atoms with van der Waals surface area (Å²) < 4.78 is 25.8. The smallest absolute Gasteiger partial charge is 0.253 e. The number of rotatable bonds is 5. The van der Waals surface area contributed by atoms with Crippen LogP contribution in [0, 0.1) is 0 Å². The average Bonchev–Trinajstić information content (AvgIpc) is 2.48. The van der Waals surface area contributed by atoms with E-state index in [4.69, 9.17) is 11.6 Å². The van der Waals surface area contributed by atoms with Crippen LogP contribution < -0.4 is 10.0 Å². The summed E-state index contributed by atoms with van der Waals surface area (Å²) in [6, 6.07) is 11.6. The second kappa shape index (κ2) is 7.55. The normalized spacial score (nSPS) is 12.5. The zero-order valence-electron chi connectivity index (χ0n) is 13.0. The third-order valence-corrected chi connectivity index (χ3v) is 4.64. The minimum Gasteiger partial charge on any atom is -0.345 e. The molecule has 8 heteroatoms. The van der Waals surface area contributed by atoms with Crippen LogP contribution >= 0.6 is 27.5 Å². The Labute approximate surface area is 154 Å². The van der Waals surface area contributed by atoms with Crippen molar-refractivity contribution in [1.82, 2.24) is 5.32 Å². The Bertz CT molecular complexity index is 871. The van der Waals surface area contributed by atoms with E-state index in [1.165, 1.54) is 0 Å². The maximum atomic E-state index is 12.4. The van der Waals surface area contributed by atoms with E-state index in [2.05, 4.69) is 26.0 Å². The molecule has 0 fully saturated rings. The van der Waals surface area contributed by atoms with E-state index in [1.54, 1.807) is 42.5 Å². The van der Waals surface area contributed by atoms with Gasteiger partial charge in [-0.15, -0.1) is 0 Å². The molecule has 1 atom stereocenters. The number of anilines is 1. The number of nitrogens with one attached hydrogen (secondary N) is 2. The minimum absolute atomic E-state index is 0.310. The largest absolute Gasteiger partial charge is 0.345 e. The number of carbonyl (C=O) groups excluding carboxylic acids is 1. The molecule has 2 aromatic carbocycles. The van der Waals surface area contributed by atoms with Crippen molar-refractivity contribution in [1.29, 1.82) is 0 Å². The van der Waals surface area contributed by atoms with Crippen LogP contribution in [-0.4, -0.2) is 20.6 Å². The molecule has 1 unspecified atom stereocenters. The zero-order valence-corrected chi connectivity index (χ0v) is 16.2. The van der Waals surface area contributed by atoms with E-state index >= 15 is 0 Å². The SMILES string of the molecule is CC(NC(=O)c1cc(Br)ccc1Cl)c1cccc(NS(C)(=O)=O)c1. The van der Waals surface area contributed by atoms with Gasteiger partial charge in [0.25, 0.3) is 5.91 Å². The molecule has 24 heavy (non-hydrogen) atoms. The van der Waals surface area contributed by atoms with Crippen molar-refractivity contribution < 1.29 is 13.2 Å². The van der Waals surface area contributed by atoms with Gasteiger partial charge in [0.2, 0.25) is 10.0 Å². The van der Waals surface area contributed by atoms with Crippen molar-refractivity contribution in [2.24, 2.45) is 0 Å². The predicted molar refractivity (Wildman–Crippen MR) is 99.9 cm³/mol. The second-order valence-corrected chi connectivity index (χ2v) is 8.39. The first-order valence-electron chi connectivity index (χ1n) is 6.99. The summed E-state index contributed by atoms with van der Waals surface area (Å²) in [5.74, 6) is -0.310. The van der Waals surface area contributed by atoms with Crippen molar-refractivity contribution in [2.45, 2.75) is 13.0 Å². The number of hydrogen-bond acceptors (Lipinski definition) is 3. The Morgan fingerprint density at radius 3 is 2.58 bits per heavy atom. The van der Waals surface area contributed by atoms with E-state index in [9.17, 15) is 13.2 Å². The molecular formula is C16H16BrClN2O3S. The number of sulfonamides is 1. The summed E-state index contributed by atoms with van der Waals surface area (Å²) in [6.07, 6.45) is 1.08. The molecule has 1 amide bonds. The lowest BCUT2D eigenvalue weighted by atomic mass is 10.1. The van der Waals surface area contributed by atoms with E-state index in [0.717, 1.165) is 16.3 Å². The monoisotopic (exact) mass is 430 g/mol. The minimum atomic E-state index is -3.36. The van der Waals surface area contributed by atoms with Gasteiger partial charge in [-0.25, -0.2) is 8.42 Å². The van der Waals surface area contributed by atoms with Gasteiger partial charge < -0.3 is 5.32 Å². The molecule has 2 N–H and O–H groups in total. The Balaban J connectivity index is 2.17. The topological polar surface area (TPSA) is 75.3 Å². The fraction of sp³-hybridized carbons (Fsp3) is 0.188. The standard InChI is InChI=1S/C16H16BrClN2O3S/c1-10(11-4-3-5-13(8-11)20-24(2,22)23)19-16(21)14-9-12(17)6-7-15(14)18/h3-10,20H,1-2H3,(H,19,21). The van der Waals surface area contributed by atoms with Crippen molar-refractivity contribution >= 4 is 49.1 Å². The van der Waals surface area contributed by atoms with Gasteiger partial charge in [-0.05, 0) is 42.8 Å². The van der Waals surface area contributed by atoms with Crippen LogP contribution in [0.5, 0.6) is 0 Å². The molecule has 128 valence electrons. The number of amides is 1. The fourth-order valence-corrected chi connectivity index (χ4v) is 3.23. The Morgan fingerprint density at radius 2 is 1.92 bits per heavy atom. The second-order valence-electron chi connectivity index (χ2n) is 5.32. The van der Waals surface area contributed by atoms with Crippen LogP contribution in [-0.2, 0) is 10.0 Å². The van der Waals surface area contributed by atoms with Crippen LogP contribution in [0.4, 0.5) is 5.69 Å². The average molecular weight is 432 g/mol. The first-order chi connectivity index (χ1) is 11.2. The number of benzene rings is 2. The van der Waals surface area contributed by atoms with Gasteiger partial charge in [-0.3, -0.25) is 9.52 Å². The van der Waals surface area contributed by atoms with Crippen LogP contribution in [0.1, 0.15) is 28.9 Å². The molecule has 0 aliphatic rings. The van der Waals surface area contributed by atoms with Crippen molar-refractivity contribution in [3.63, 3.8) is 0 Å². The summed E-state index contributed by atoms with van der Waals surface area (Å²) in [7, 11) is -3.36. The lowest BCUT2D eigenvalue weighted by Gasteiger charge is -2.16. The van der Waals surface area contributed by atoms with E-state index in [-0.39, 0.29) is 11.9 Å². The lowest BCUT2D eigenvalue weighted by Crippen LogP contribution is -2.27. The number of hydrogen-bond donors (Lipinski definition) is 2. The third-order valence-electron chi connectivity index (χ3n) is 3.21. The quantitative estimate of drug-likeness (QED) is 0.752. The van der Waals surface area contributed by atoms with Gasteiger partial charge in [0.05, 0.1) is 22.9 Å². The molecule has 0 spiro atoms. The molecule has 0 saturated carbocycles. The number of halogens is 2. The maximum absolute atomic E-state index is 12.4. The molecule has 0 saturated heterocycles. The van der Waals surface area contributed by atoms with Crippen LogP contribution in [0.15, 0.2) is 46.9 Å². The molecule has 0 bridgehead atoms. The van der Waals surface area contributed by atoms with Crippen molar-refractivity contribution in [3.8, 4) is 0 Å². The Hall–Kier alpha value is -1.57. The predicted octanol–water partition coefficient (Wildman–Crippen LogP) is 3.97. The molecule has 0 heterocycles. The van der Waals surface area contributed by atoms with E-state index in [0.29, 0.717) is 16.3 Å². The first-order valence-corrected chi connectivity index (χ1v) is 10.1. The molecule has 0 aliphatic heterocycles. The van der Waals surface area contributed by atoms with Gasteiger partial charge in [-0.2, -0.15) is 0 Å². The molecule has 2 aromatic rings. The van der Waals surface area contributed by atoms with Crippen LogP contribution in [0.3, 0.4) is 0 Å². The molecule has 0 aromatic heterocycles. The van der Waals surface area contributed by atoms with Gasteiger partial charge >= 0.3 is 0 Å². The molecule has 2 rings (SSSR count). The maximum Gasteiger partial charge on any atom is 0.253 e.